The van der Waals surface area contributed by atoms with E-state index in [0.717, 1.165) is 19.9 Å². The number of hydrogen-bond donors (Lipinski definition) is 1. The van der Waals surface area contributed by atoms with Crippen LogP contribution in [0.25, 0.3) is 16.8 Å². The summed E-state index contributed by atoms with van der Waals surface area (Å²) < 4.78 is 12.9. The first-order valence-electron chi connectivity index (χ1n) is 12.0. The van der Waals surface area contributed by atoms with Gasteiger partial charge in [-0.3, -0.25) is 9.59 Å². The molecule has 1 amide bonds. The lowest BCUT2D eigenvalue weighted by molar-refractivity contribution is -0.112. The first-order chi connectivity index (χ1) is 18.4. The van der Waals surface area contributed by atoms with Crippen LogP contribution in [-0.2, 0) is 11.4 Å². The number of nitrogens with one attached hydrogen (secondary N) is 1. The van der Waals surface area contributed by atoms with Crippen molar-refractivity contribution in [3.63, 3.8) is 0 Å². The SMILES string of the molecule is CCOc1cc(/C=C(/C#N)C(=O)Nc2ccccc2C(C)=O)cc(I)c1OCc1cccc2ccccc12. The van der Waals surface area contributed by atoms with E-state index in [1.54, 1.807) is 30.3 Å². The predicted molar refractivity (Wildman–Crippen MR) is 157 cm³/mol. The van der Waals surface area contributed by atoms with Gasteiger partial charge in [-0.05, 0) is 88.7 Å². The summed E-state index contributed by atoms with van der Waals surface area (Å²) in [5, 5.41) is 14.6. The first kappa shape index (κ1) is 26.9. The summed E-state index contributed by atoms with van der Waals surface area (Å²) >= 11 is 2.16. The second-order valence-electron chi connectivity index (χ2n) is 8.42. The molecule has 4 rings (SSSR count). The number of ketones is 1. The number of carbonyl (C=O) groups excluding carboxylic acids is 2. The third kappa shape index (κ3) is 6.21. The Kier molecular flexibility index (Phi) is 8.77. The topological polar surface area (TPSA) is 88.4 Å². The Labute approximate surface area is 235 Å². The maximum atomic E-state index is 12.9. The number of ether oxygens (including phenoxy) is 2. The molecule has 0 spiro atoms. The van der Waals surface area contributed by atoms with Crippen molar-refractivity contribution in [1.82, 2.24) is 0 Å². The molecule has 190 valence electrons. The average Bonchev–Trinajstić information content (AvgIpc) is 2.91. The number of nitrogens with zero attached hydrogens (tertiary/aromatic N) is 1. The minimum absolute atomic E-state index is 0.106. The molecule has 0 aliphatic carbocycles. The predicted octanol–water partition coefficient (Wildman–Crippen LogP) is 7.17. The number of hydrogen-bond acceptors (Lipinski definition) is 5. The summed E-state index contributed by atoms with van der Waals surface area (Å²) in [5.74, 6) is 0.324. The van der Waals surface area contributed by atoms with E-state index in [4.69, 9.17) is 9.47 Å². The van der Waals surface area contributed by atoms with Crippen LogP contribution in [0.15, 0.2) is 84.4 Å². The van der Waals surface area contributed by atoms with Gasteiger partial charge in [0.1, 0.15) is 18.2 Å². The van der Waals surface area contributed by atoms with Gasteiger partial charge in [0.2, 0.25) is 0 Å². The van der Waals surface area contributed by atoms with Gasteiger partial charge in [-0.1, -0.05) is 54.6 Å². The number of amides is 1. The third-order valence-electron chi connectivity index (χ3n) is 5.81. The van der Waals surface area contributed by atoms with Crippen LogP contribution >= 0.6 is 22.6 Å². The summed E-state index contributed by atoms with van der Waals surface area (Å²) in [5.41, 5.74) is 2.29. The fraction of sp³-hybridized carbons (Fsp3) is 0.129. The Morgan fingerprint density at radius 3 is 2.50 bits per heavy atom. The molecule has 6 nitrogen and oxygen atoms in total. The molecule has 0 fully saturated rings. The minimum Gasteiger partial charge on any atom is -0.490 e. The maximum Gasteiger partial charge on any atom is 0.266 e. The van der Waals surface area contributed by atoms with Gasteiger partial charge in [0.25, 0.3) is 5.91 Å². The zero-order valence-corrected chi connectivity index (χ0v) is 23.1. The zero-order valence-electron chi connectivity index (χ0n) is 21.0. The monoisotopic (exact) mass is 616 g/mol. The van der Waals surface area contributed by atoms with Crippen LogP contribution in [0.1, 0.15) is 35.3 Å². The van der Waals surface area contributed by atoms with Crippen molar-refractivity contribution >= 4 is 56.8 Å². The number of para-hydroxylation sites is 1. The number of halogens is 1. The van der Waals surface area contributed by atoms with Crippen molar-refractivity contribution in [2.24, 2.45) is 0 Å². The van der Waals surface area contributed by atoms with E-state index >= 15 is 0 Å². The highest BCUT2D eigenvalue weighted by atomic mass is 127. The number of carbonyl (C=O) groups is 2. The van der Waals surface area contributed by atoms with Crippen molar-refractivity contribution in [2.75, 3.05) is 11.9 Å². The number of Topliss-reactive ketones (excluding diaryl/α,β-unsaturated/α-hetero) is 1. The molecular formula is C31H25IN2O4. The molecule has 0 aromatic heterocycles. The molecule has 0 aliphatic rings. The van der Waals surface area contributed by atoms with Crippen LogP contribution < -0.4 is 14.8 Å². The highest BCUT2D eigenvalue weighted by Crippen LogP contribution is 2.36. The number of anilines is 1. The van der Waals surface area contributed by atoms with Crippen molar-refractivity contribution in [2.45, 2.75) is 20.5 Å². The fourth-order valence-corrected chi connectivity index (χ4v) is 4.83. The Morgan fingerprint density at radius 1 is 1.00 bits per heavy atom. The molecule has 4 aromatic carbocycles. The van der Waals surface area contributed by atoms with E-state index in [0.29, 0.717) is 41.5 Å². The molecule has 0 saturated heterocycles. The fourth-order valence-electron chi connectivity index (χ4n) is 4.05. The number of fused-ring (bicyclic) bond motifs is 1. The summed E-state index contributed by atoms with van der Waals surface area (Å²) in [6, 6.07) is 26.5. The largest absolute Gasteiger partial charge is 0.490 e. The molecule has 0 atom stereocenters. The van der Waals surface area contributed by atoms with Crippen LogP contribution in [0.4, 0.5) is 5.69 Å². The van der Waals surface area contributed by atoms with Crippen LogP contribution in [0.5, 0.6) is 11.5 Å². The molecular weight excluding hydrogens is 591 g/mol. The van der Waals surface area contributed by atoms with Crippen LogP contribution in [0.3, 0.4) is 0 Å². The van der Waals surface area contributed by atoms with Gasteiger partial charge in [-0.2, -0.15) is 5.26 Å². The van der Waals surface area contributed by atoms with Gasteiger partial charge in [-0.25, -0.2) is 0 Å². The molecule has 4 aromatic rings. The quantitative estimate of drug-likeness (QED) is 0.0933. The standard InChI is InChI=1S/C31H25IN2O4/c1-3-37-29-17-21(15-24(18-33)31(36)34-28-14-7-6-12-25(28)20(2)35)16-27(32)30(29)38-19-23-11-8-10-22-9-4-5-13-26(22)23/h4-17H,3,19H2,1-2H3,(H,34,36)/b24-15-. The molecule has 0 aliphatic heterocycles. The van der Waals surface area contributed by atoms with Gasteiger partial charge in [0.15, 0.2) is 17.3 Å². The molecule has 0 unspecified atom stereocenters. The van der Waals surface area contributed by atoms with Gasteiger partial charge < -0.3 is 14.8 Å². The van der Waals surface area contributed by atoms with E-state index in [2.05, 4.69) is 46.1 Å². The molecule has 0 bridgehead atoms. The van der Waals surface area contributed by atoms with Crippen molar-refractivity contribution in [3.05, 3.63) is 105 Å². The Bertz CT molecular complexity index is 1580. The third-order valence-corrected chi connectivity index (χ3v) is 6.62. The van der Waals surface area contributed by atoms with Gasteiger partial charge in [0.05, 0.1) is 15.9 Å². The summed E-state index contributed by atoms with van der Waals surface area (Å²) in [6.07, 6.45) is 1.49. The van der Waals surface area contributed by atoms with Gasteiger partial charge >= 0.3 is 0 Å². The maximum absolute atomic E-state index is 12.9. The lowest BCUT2D eigenvalue weighted by Gasteiger charge is -2.16. The van der Waals surface area contributed by atoms with Gasteiger partial charge in [-0.15, -0.1) is 0 Å². The number of nitriles is 1. The molecule has 7 heteroatoms. The lowest BCUT2D eigenvalue weighted by Crippen LogP contribution is -2.15. The van der Waals surface area contributed by atoms with Gasteiger partial charge in [0, 0.05) is 5.56 Å². The Balaban J connectivity index is 1.60. The van der Waals surface area contributed by atoms with Crippen molar-refractivity contribution in [3.8, 4) is 17.6 Å². The first-order valence-corrected chi connectivity index (χ1v) is 13.1. The van der Waals surface area contributed by atoms with E-state index < -0.39 is 5.91 Å². The second-order valence-corrected chi connectivity index (χ2v) is 9.58. The van der Waals surface area contributed by atoms with E-state index in [1.807, 2.05) is 43.3 Å². The molecule has 0 saturated carbocycles. The molecule has 38 heavy (non-hydrogen) atoms. The summed E-state index contributed by atoms with van der Waals surface area (Å²) in [6.45, 7) is 4.08. The highest BCUT2D eigenvalue weighted by molar-refractivity contribution is 14.1. The van der Waals surface area contributed by atoms with Crippen LogP contribution in [0, 0.1) is 14.9 Å². The summed E-state index contributed by atoms with van der Waals surface area (Å²) in [7, 11) is 0. The lowest BCUT2D eigenvalue weighted by atomic mass is 10.1. The number of benzene rings is 4. The molecule has 0 radical (unpaired) electrons. The molecule has 0 heterocycles. The summed E-state index contributed by atoms with van der Waals surface area (Å²) in [4.78, 5) is 24.8. The van der Waals surface area contributed by atoms with Crippen molar-refractivity contribution < 1.29 is 19.1 Å². The van der Waals surface area contributed by atoms with Crippen molar-refractivity contribution in [1.29, 1.82) is 5.26 Å². The van der Waals surface area contributed by atoms with E-state index in [9.17, 15) is 14.9 Å². The average molecular weight is 616 g/mol. The van der Waals surface area contributed by atoms with E-state index in [-0.39, 0.29) is 11.4 Å². The molecule has 1 N–H and O–H groups in total. The second kappa shape index (κ2) is 12.4. The zero-order chi connectivity index (χ0) is 27.1. The van der Waals surface area contributed by atoms with Crippen LogP contribution in [0.2, 0.25) is 0 Å². The smallest absolute Gasteiger partial charge is 0.266 e. The number of rotatable bonds is 9. The van der Waals surface area contributed by atoms with Crippen LogP contribution in [-0.4, -0.2) is 18.3 Å². The Hall–Kier alpha value is -4.16. The normalized spacial score (nSPS) is 11.1. The Morgan fingerprint density at radius 2 is 1.74 bits per heavy atom. The van der Waals surface area contributed by atoms with E-state index in [1.165, 1.54) is 13.0 Å². The highest BCUT2D eigenvalue weighted by Gasteiger charge is 2.16. The minimum atomic E-state index is -0.606.